The van der Waals surface area contributed by atoms with Gasteiger partial charge in [0.05, 0.1) is 7.11 Å². The summed E-state index contributed by atoms with van der Waals surface area (Å²) in [5, 5.41) is 10.5. The molecular formula is C20H25N7O. The lowest BCUT2D eigenvalue weighted by Gasteiger charge is -2.33. The first-order valence-electron chi connectivity index (χ1n) is 9.37. The summed E-state index contributed by atoms with van der Waals surface area (Å²) in [4.78, 5) is 14.2. The molecule has 4 rings (SSSR count). The van der Waals surface area contributed by atoms with Crippen LogP contribution in [0.15, 0.2) is 36.4 Å². The molecule has 0 spiro atoms. The zero-order chi connectivity index (χ0) is 19.5. The number of benzene rings is 1. The van der Waals surface area contributed by atoms with Crippen molar-refractivity contribution in [3.05, 3.63) is 42.1 Å². The van der Waals surface area contributed by atoms with Gasteiger partial charge in [0, 0.05) is 49.6 Å². The monoisotopic (exact) mass is 379 g/mol. The normalized spacial score (nSPS) is 14.9. The van der Waals surface area contributed by atoms with Crippen molar-refractivity contribution >= 4 is 17.5 Å². The molecule has 8 heteroatoms. The van der Waals surface area contributed by atoms with Crippen molar-refractivity contribution in [3.63, 3.8) is 0 Å². The second-order valence-corrected chi connectivity index (χ2v) is 7.02. The number of hydrogen-bond donors (Lipinski definition) is 2. The highest BCUT2D eigenvalue weighted by atomic mass is 16.5. The summed E-state index contributed by atoms with van der Waals surface area (Å²) in [6, 6.07) is 11.7. The fourth-order valence-electron chi connectivity index (χ4n) is 3.20. The fourth-order valence-corrected chi connectivity index (χ4v) is 3.20. The van der Waals surface area contributed by atoms with Gasteiger partial charge in [0.2, 0.25) is 0 Å². The van der Waals surface area contributed by atoms with Crippen molar-refractivity contribution in [1.29, 1.82) is 0 Å². The molecular weight excluding hydrogens is 354 g/mol. The number of ether oxygens (including phenoxy) is 1. The van der Waals surface area contributed by atoms with Crippen LogP contribution in [-0.4, -0.2) is 65.4 Å². The smallest absolute Gasteiger partial charge is 0.164 e. The molecule has 1 aliphatic heterocycles. The van der Waals surface area contributed by atoms with E-state index in [9.17, 15) is 0 Å². The van der Waals surface area contributed by atoms with Gasteiger partial charge in [-0.3, -0.25) is 5.10 Å². The summed E-state index contributed by atoms with van der Waals surface area (Å²) in [5.74, 6) is 3.80. The van der Waals surface area contributed by atoms with E-state index < -0.39 is 0 Å². The minimum atomic E-state index is 0.657. The minimum Gasteiger partial charge on any atom is -0.497 e. The van der Waals surface area contributed by atoms with E-state index in [4.69, 9.17) is 14.7 Å². The second-order valence-electron chi connectivity index (χ2n) is 7.02. The number of aromatic amines is 1. The third-order valence-corrected chi connectivity index (χ3v) is 4.83. The van der Waals surface area contributed by atoms with Gasteiger partial charge >= 0.3 is 0 Å². The van der Waals surface area contributed by atoms with Gasteiger partial charge in [0.15, 0.2) is 11.6 Å². The topological polar surface area (TPSA) is 82.2 Å². The van der Waals surface area contributed by atoms with Crippen molar-refractivity contribution in [1.82, 2.24) is 25.1 Å². The van der Waals surface area contributed by atoms with Crippen molar-refractivity contribution in [2.24, 2.45) is 0 Å². The summed E-state index contributed by atoms with van der Waals surface area (Å²) < 4.78 is 5.36. The number of H-pyrrole nitrogens is 1. The Bertz CT molecular complexity index is 947. The largest absolute Gasteiger partial charge is 0.497 e. The molecule has 0 bridgehead atoms. The van der Waals surface area contributed by atoms with Crippen LogP contribution in [0, 0.1) is 6.92 Å². The summed E-state index contributed by atoms with van der Waals surface area (Å²) in [7, 11) is 3.80. The summed E-state index contributed by atoms with van der Waals surface area (Å²) in [6.45, 7) is 5.87. The molecule has 1 aliphatic rings. The predicted octanol–water partition coefficient (Wildman–Crippen LogP) is 2.68. The maximum atomic E-state index is 5.36. The van der Waals surface area contributed by atoms with Crippen molar-refractivity contribution in [2.75, 3.05) is 50.6 Å². The van der Waals surface area contributed by atoms with Crippen LogP contribution < -0.4 is 15.0 Å². The maximum Gasteiger partial charge on any atom is 0.164 e. The molecule has 2 N–H and O–H groups in total. The third kappa shape index (κ3) is 4.07. The Morgan fingerprint density at radius 2 is 1.86 bits per heavy atom. The lowest BCUT2D eigenvalue weighted by Crippen LogP contribution is -2.44. The number of nitrogens with one attached hydrogen (secondary N) is 2. The molecule has 3 heterocycles. The maximum absolute atomic E-state index is 5.36. The minimum absolute atomic E-state index is 0.657. The van der Waals surface area contributed by atoms with Gasteiger partial charge < -0.3 is 19.9 Å². The number of anilines is 3. The van der Waals surface area contributed by atoms with E-state index in [2.05, 4.69) is 32.4 Å². The number of piperazine rings is 1. The predicted molar refractivity (Wildman–Crippen MR) is 110 cm³/mol. The molecule has 1 saturated heterocycles. The summed E-state index contributed by atoms with van der Waals surface area (Å²) in [5.41, 5.74) is 1.90. The Kier molecular flexibility index (Phi) is 5.12. The van der Waals surface area contributed by atoms with E-state index >= 15 is 0 Å². The fraction of sp³-hybridized carbons (Fsp3) is 0.350. The number of methoxy groups -OCH3 is 1. The van der Waals surface area contributed by atoms with Crippen LogP contribution in [0.3, 0.4) is 0 Å². The molecule has 0 atom stereocenters. The molecule has 0 saturated carbocycles. The van der Waals surface area contributed by atoms with Crippen LogP contribution >= 0.6 is 0 Å². The highest BCUT2D eigenvalue weighted by molar-refractivity contribution is 5.65. The van der Waals surface area contributed by atoms with E-state index in [0.717, 1.165) is 54.8 Å². The molecule has 146 valence electrons. The van der Waals surface area contributed by atoms with Crippen LogP contribution in [0.4, 0.5) is 17.5 Å². The SMILES string of the molecule is COc1cccc(-c2nc(Nc3cc(C)[nH]n3)cc(N3CCN(C)CC3)n2)c1. The van der Waals surface area contributed by atoms with Gasteiger partial charge in [-0.2, -0.15) is 5.10 Å². The van der Waals surface area contributed by atoms with Crippen LogP contribution in [-0.2, 0) is 0 Å². The first-order chi connectivity index (χ1) is 13.6. The number of nitrogens with zero attached hydrogens (tertiary/aromatic N) is 5. The van der Waals surface area contributed by atoms with E-state index in [0.29, 0.717) is 11.6 Å². The number of aryl methyl sites for hydroxylation is 1. The Morgan fingerprint density at radius 3 is 2.57 bits per heavy atom. The molecule has 1 aromatic carbocycles. The zero-order valence-electron chi connectivity index (χ0n) is 16.4. The molecule has 28 heavy (non-hydrogen) atoms. The van der Waals surface area contributed by atoms with E-state index in [1.165, 1.54) is 0 Å². The Morgan fingerprint density at radius 1 is 1.04 bits per heavy atom. The highest BCUT2D eigenvalue weighted by Gasteiger charge is 2.18. The summed E-state index contributed by atoms with van der Waals surface area (Å²) >= 11 is 0. The molecule has 0 radical (unpaired) electrons. The molecule has 8 nitrogen and oxygen atoms in total. The van der Waals surface area contributed by atoms with Gasteiger partial charge in [-0.1, -0.05) is 12.1 Å². The highest BCUT2D eigenvalue weighted by Crippen LogP contribution is 2.27. The Labute approximate surface area is 164 Å². The lowest BCUT2D eigenvalue weighted by molar-refractivity contribution is 0.312. The number of hydrogen-bond acceptors (Lipinski definition) is 7. The average molecular weight is 379 g/mol. The molecule has 0 unspecified atom stereocenters. The van der Waals surface area contributed by atoms with Gasteiger partial charge in [-0.25, -0.2) is 9.97 Å². The number of likely N-dealkylation sites (N-methyl/N-ethyl adjacent to an activating group) is 1. The van der Waals surface area contributed by atoms with Gasteiger partial charge in [0.25, 0.3) is 0 Å². The van der Waals surface area contributed by atoms with E-state index in [-0.39, 0.29) is 0 Å². The number of rotatable bonds is 5. The second kappa shape index (κ2) is 7.85. The van der Waals surface area contributed by atoms with Crippen LogP contribution in [0.5, 0.6) is 5.75 Å². The van der Waals surface area contributed by atoms with Crippen LogP contribution in [0.2, 0.25) is 0 Å². The van der Waals surface area contributed by atoms with Gasteiger partial charge in [0.1, 0.15) is 17.4 Å². The van der Waals surface area contributed by atoms with Crippen LogP contribution in [0.1, 0.15) is 5.69 Å². The van der Waals surface area contributed by atoms with Crippen molar-refractivity contribution in [2.45, 2.75) is 6.92 Å². The van der Waals surface area contributed by atoms with Crippen molar-refractivity contribution in [3.8, 4) is 17.1 Å². The first-order valence-corrected chi connectivity index (χ1v) is 9.37. The Hall–Kier alpha value is -3.13. The molecule has 0 amide bonds. The standard InChI is InChI=1S/C20H25N7O/c1-14-11-18(25-24-14)21-17-13-19(27-9-7-26(2)8-10-27)23-20(22-17)15-5-4-6-16(12-15)28-3/h4-6,11-13H,7-10H2,1-3H3,(H2,21,22,23,24,25). The van der Waals surface area contributed by atoms with Crippen molar-refractivity contribution < 1.29 is 4.74 Å². The van der Waals surface area contributed by atoms with E-state index in [1.807, 2.05) is 43.3 Å². The van der Waals surface area contributed by atoms with Gasteiger partial charge in [-0.15, -0.1) is 0 Å². The molecule has 2 aromatic heterocycles. The zero-order valence-corrected chi connectivity index (χ0v) is 16.4. The summed E-state index contributed by atoms with van der Waals surface area (Å²) in [6.07, 6.45) is 0. The quantitative estimate of drug-likeness (QED) is 0.705. The average Bonchev–Trinajstić information content (AvgIpc) is 3.13. The Balaban J connectivity index is 1.71. The lowest BCUT2D eigenvalue weighted by atomic mass is 10.2. The molecule has 1 fully saturated rings. The molecule has 3 aromatic rings. The third-order valence-electron chi connectivity index (χ3n) is 4.83. The number of aromatic nitrogens is 4. The van der Waals surface area contributed by atoms with Crippen LogP contribution in [0.25, 0.3) is 11.4 Å². The van der Waals surface area contributed by atoms with E-state index in [1.54, 1.807) is 7.11 Å². The van der Waals surface area contributed by atoms with Gasteiger partial charge in [-0.05, 0) is 26.1 Å². The molecule has 0 aliphatic carbocycles. The first kappa shape index (κ1) is 18.2.